The first kappa shape index (κ1) is 12.6. The number of hydrogen-bond acceptors (Lipinski definition) is 4. The fraction of sp³-hybridized carbons (Fsp3) is 0.357. The van der Waals surface area contributed by atoms with E-state index in [9.17, 15) is 0 Å². The molecule has 0 saturated heterocycles. The Balaban J connectivity index is 2.08. The van der Waals surface area contributed by atoms with Crippen molar-refractivity contribution in [3.05, 3.63) is 36.2 Å². The molecule has 2 aromatic rings. The highest BCUT2D eigenvalue weighted by molar-refractivity contribution is 5.55. The zero-order valence-corrected chi connectivity index (χ0v) is 10.8. The summed E-state index contributed by atoms with van der Waals surface area (Å²) in [6.07, 6.45) is 3.71. The fourth-order valence-corrected chi connectivity index (χ4v) is 1.76. The van der Waals surface area contributed by atoms with Gasteiger partial charge in [-0.15, -0.1) is 0 Å². The van der Waals surface area contributed by atoms with Crippen molar-refractivity contribution in [1.82, 2.24) is 10.3 Å². The Morgan fingerprint density at radius 3 is 3.06 bits per heavy atom. The third-order valence-electron chi connectivity index (χ3n) is 2.73. The first-order valence-corrected chi connectivity index (χ1v) is 6.07. The molecule has 0 aliphatic rings. The van der Waals surface area contributed by atoms with Crippen molar-refractivity contribution in [2.24, 2.45) is 0 Å². The molecular weight excluding hydrogens is 228 g/mol. The Labute approximate surface area is 107 Å². The Hall–Kier alpha value is -1.81. The van der Waals surface area contributed by atoms with Gasteiger partial charge in [-0.05, 0) is 44.6 Å². The maximum Gasteiger partial charge on any atom is 0.226 e. The lowest BCUT2D eigenvalue weighted by Gasteiger charge is -2.00. The highest BCUT2D eigenvalue weighted by atomic mass is 16.5. The minimum Gasteiger partial charge on any atom is -0.497 e. The summed E-state index contributed by atoms with van der Waals surface area (Å²) in [5, 5.41) is 3.12. The molecule has 96 valence electrons. The third-order valence-corrected chi connectivity index (χ3v) is 2.73. The number of aryl methyl sites for hydroxylation is 1. The number of methoxy groups -OCH3 is 1. The number of ether oxygens (including phenoxy) is 1. The van der Waals surface area contributed by atoms with Gasteiger partial charge in [-0.3, -0.25) is 0 Å². The van der Waals surface area contributed by atoms with Crippen LogP contribution in [0.4, 0.5) is 0 Å². The summed E-state index contributed by atoms with van der Waals surface area (Å²) in [7, 11) is 3.60. The van der Waals surface area contributed by atoms with Crippen molar-refractivity contribution < 1.29 is 9.15 Å². The summed E-state index contributed by atoms with van der Waals surface area (Å²) in [5.74, 6) is 1.45. The van der Waals surface area contributed by atoms with Crippen LogP contribution in [-0.2, 0) is 6.42 Å². The molecule has 1 heterocycles. The molecule has 0 saturated carbocycles. The SMILES string of the molecule is CNCCCc1coc(-c2cccc(OC)c2)n1. The van der Waals surface area contributed by atoms with Gasteiger partial charge in [-0.2, -0.15) is 0 Å². The van der Waals surface area contributed by atoms with E-state index in [2.05, 4.69) is 10.3 Å². The van der Waals surface area contributed by atoms with Gasteiger partial charge in [-0.25, -0.2) is 4.98 Å². The average molecular weight is 246 g/mol. The number of nitrogens with one attached hydrogen (secondary N) is 1. The van der Waals surface area contributed by atoms with E-state index in [-0.39, 0.29) is 0 Å². The molecule has 4 nitrogen and oxygen atoms in total. The molecule has 1 aromatic carbocycles. The van der Waals surface area contributed by atoms with Crippen molar-refractivity contribution in [3.63, 3.8) is 0 Å². The van der Waals surface area contributed by atoms with E-state index in [0.29, 0.717) is 5.89 Å². The number of oxazole rings is 1. The quantitative estimate of drug-likeness (QED) is 0.795. The summed E-state index contributed by atoms with van der Waals surface area (Å²) in [5.41, 5.74) is 1.93. The second-order valence-electron chi connectivity index (χ2n) is 4.08. The first-order valence-electron chi connectivity index (χ1n) is 6.07. The van der Waals surface area contributed by atoms with Gasteiger partial charge in [0.15, 0.2) is 0 Å². The molecule has 0 atom stereocenters. The van der Waals surface area contributed by atoms with Gasteiger partial charge in [0.25, 0.3) is 0 Å². The Bertz CT molecular complexity index is 494. The molecule has 0 radical (unpaired) electrons. The van der Waals surface area contributed by atoms with Crippen LogP contribution in [0.25, 0.3) is 11.5 Å². The highest BCUT2D eigenvalue weighted by Crippen LogP contribution is 2.23. The van der Waals surface area contributed by atoms with E-state index < -0.39 is 0 Å². The predicted molar refractivity (Wildman–Crippen MR) is 70.7 cm³/mol. The molecule has 0 amide bonds. The molecule has 0 fully saturated rings. The molecule has 2 rings (SSSR count). The number of aromatic nitrogens is 1. The van der Waals surface area contributed by atoms with Crippen LogP contribution in [0, 0.1) is 0 Å². The van der Waals surface area contributed by atoms with Crippen LogP contribution in [0.2, 0.25) is 0 Å². The average Bonchev–Trinajstić information content (AvgIpc) is 2.88. The van der Waals surface area contributed by atoms with Crippen LogP contribution >= 0.6 is 0 Å². The van der Waals surface area contributed by atoms with Crippen molar-refractivity contribution in [3.8, 4) is 17.2 Å². The van der Waals surface area contributed by atoms with E-state index in [1.54, 1.807) is 13.4 Å². The molecule has 1 aromatic heterocycles. The second-order valence-corrected chi connectivity index (χ2v) is 4.08. The van der Waals surface area contributed by atoms with E-state index >= 15 is 0 Å². The van der Waals surface area contributed by atoms with Gasteiger partial charge in [0.05, 0.1) is 12.8 Å². The molecule has 0 bridgehead atoms. The lowest BCUT2D eigenvalue weighted by Crippen LogP contribution is -2.08. The molecule has 0 aliphatic heterocycles. The van der Waals surface area contributed by atoms with Crippen molar-refractivity contribution in [2.45, 2.75) is 12.8 Å². The predicted octanol–water partition coefficient (Wildman–Crippen LogP) is 2.50. The van der Waals surface area contributed by atoms with E-state index in [4.69, 9.17) is 9.15 Å². The molecule has 0 aliphatic carbocycles. The topological polar surface area (TPSA) is 47.3 Å². The minimum absolute atomic E-state index is 0.647. The van der Waals surface area contributed by atoms with Gasteiger partial charge >= 0.3 is 0 Å². The van der Waals surface area contributed by atoms with Crippen molar-refractivity contribution >= 4 is 0 Å². The van der Waals surface area contributed by atoms with Gasteiger partial charge in [-0.1, -0.05) is 6.07 Å². The second kappa shape index (κ2) is 6.21. The van der Waals surface area contributed by atoms with Crippen LogP contribution in [0.1, 0.15) is 12.1 Å². The largest absolute Gasteiger partial charge is 0.497 e. The standard InChI is InChI=1S/C14H18N2O2/c1-15-8-4-6-12-10-18-14(16-12)11-5-3-7-13(9-11)17-2/h3,5,7,9-10,15H,4,6,8H2,1-2H3. The van der Waals surface area contributed by atoms with Crippen LogP contribution in [0.3, 0.4) is 0 Å². The molecular formula is C14H18N2O2. The first-order chi connectivity index (χ1) is 8.83. The maximum atomic E-state index is 5.49. The van der Waals surface area contributed by atoms with Gasteiger partial charge in [0, 0.05) is 5.56 Å². The third kappa shape index (κ3) is 3.11. The number of benzene rings is 1. The lowest BCUT2D eigenvalue weighted by atomic mass is 10.2. The minimum atomic E-state index is 0.647. The van der Waals surface area contributed by atoms with Crippen LogP contribution in [0.15, 0.2) is 34.9 Å². The van der Waals surface area contributed by atoms with Crippen LogP contribution in [0.5, 0.6) is 5.75 Å². The van der Waals surface area contributed by atoms with Crippen molar-refractivity contribution in [1.29, 1.82) is 0 Å². The zero-order chi connectivity index (χ0) is 12.8. The summed E-state index contributed by atoms with van der Waals surface area (Å²) < 4.78 is 10.7. The Kier molecular flexibility index (Phi) is 4.36. The fourth-order valence-electron chi connectivity index (χ4n) is 1.76. The number of nitrogens with zero attached hydrogens (tertiary/aromatic N) is 1. The van der Waals surface area contributed by atoms with E-state index in [1.807, 2.05) is 31.3 Å². The normalized spacial score (nSPS) is 10.6. The van der Waals surface area contributed by atoms with Gasteiger partial charge in [0.2, 0.25) is 5.89 Å². The van der Waals surface area contributed by atoms with Crippen molar-refractivity contribution in [2.75, 3.05) is 20.7 Å². The smallest absolute Gasteiger partial charge is 0.226 e. The molecule has 4 heteroatoms. The highest BCUT2D eigenvalue weighted by Gasteiger charge is 2.07. The number of hydrogen-bond donors (Lipinski definition) is 1. The summed E-state index contributed by atoms with van der Waals surface area (Å²) in [6, 6.07) is 7.72. The molecule has 18 heavy (non-hydrogen) atoms. The van der Waals surface area contributed by atoms with E-state index in [0.717, 1.165) is 36.4 Å². The number of rotatable bonds is 6. The Morgan fingerprint density at radius 1 is 1.39 bits per heavy atom. The van der Waals surface area contributed by atoms with E-state index in [1.165, 1.54) is 0 Å². The van der Waals surface area contributed by atoms with Crippen LogP contribution in [-0.4, -0.2) is 25.7 Å². The molecule has 0 unspecified atom stereocenters. The molecule has 0 spiro atoms. The van der Waals surface area contributed by atoms with Gasteiger partial charge in [0.1, 0.15) is 12.0 Å². The summed E-state index contributed by atoms with van der Waals surface area (Å²) in [6.45, 7) is 0.987. The lowest BCUT2D eigenvalue weighted by molar-refractivity contribution is 0.414. The summed E-state index contributed by atoms with van der Waals surface area (Å²) >= 11 is 0. The Morgan fingerprint density at radius 2 is 2.28 bits per heavy atom. The molecule has 1 N–H and O–H groups in total. The van der Waals surface area contributed by atoms with Crippen LogP contribution < -0.4 is 10.1 Å². The monoisotopic (exact) mass is 246 g/mol. The maximum absolute atomic E-state index is 5.49. The van der Waals surface area contributed by atoms with Gasteiger partial charge < -0.3 is 14.5 Å². The summed E-state index contributed by atoms with van der Waals surface area (Å²) in [4.78, 5) is 4.48. The zero-order valence-electron chi connectivity index (χ0n) is 10.8.